The number of hydrogen-bond donors (Lipinski definition) is 0. The molecule has 0 bridgehead atoms. The third-order valence-electron chi connectivity index (χ3n) is 6.66. The van der Waals surface area contributed by atoms with Gasteiger partial charge in [-0.2, -0.15) is 4.98 Å². The summed E-state index contributed by atoms with van der Waals surface area (Å²) in [4.78, 5) is 33.7. The van der Waals surface area contributed by atoms with Gasteiger partial charge in [0.2, 0.25) is 0 Å². The number of benzene rings is 2. The minimum absolute atomic E-state index is 0.0729. The largest absolute Gasteiger partial charge is 0.489 e. The predicted molar refractivity (Wildman–Crippen MR) is 133 cm³/mol. The van der Waals surface area contributed by atoms with Crippen molar-refractivity contribution in [2.45, 2.75) is 39.4 Å². The first-order valence-corrected chi connectivity index (χ1v) is 11.9. The summed E-state index contributed by atoms with van der Waals surface area (Å²) in [6.45, 7) is 6.74. The number of halogens is 3. The third-order valence-corrected chi connectivity index (χ3v) is 6.96. The molecule has 3 heterocycles. The molecule has 2 aliphatic heterocycles. The van der Waals surface area contributed by atoms with E-state index in [1.54, 1.807) is 17.9 Å². The van der Waals surface area contributed by atoms with E-state index in [0.29, 0.717) is 29.8 Å². The van der Waals surface area contributed by atoms with Crippen molar-refractivity contribution in [1.82, 2.24) is 14.5 Å². The van der Waals surface area contributed by atoms with Crippen molar-refractivity contribution in [3.05, 3.63) is 51.4 Å². The van der Waals surface area contributed by atoms with Gasteiger partial charge in [0.1, 0.15) is 24.1 Å². The van der Waals surface area contributed by atoms with Gasteiger partial charge in [0.05, 0.1) is 17.1 Å². The molecule has 2 aliphatic rings. The fraction of sp³-hybridized carbons (Fsp3) is 0.346. The van der Waals surface area contributed by atoms with E-state index in [4.69, 9.17) is 16.3 Å². The molecule has 0 saturated carbocycles. The Kier molecular flexibility index (Phi) is 6.08. The zero-order valence-corrected chi connectivity index (χ0v) is 20.7. The molecule has 36 heavy (non-hydrogen) atoms. The number of carbonyl (C=O) groups excluding carboxylic acids is 1. The van der Waals surface area contributed by atoms with Gasteiger partial charge in [0.25, 0.3) is 5.91 Å². The number of rotatable bonds is 2. The first kappa shape index (κ1) is 24.1. The normalized spacial score (nSPS) is 19.1. The monoisotopic (exact) mass is 512 g/mol. The molecule has 0 unspecified atom stereocenters. The van der Waals surface area contributed by atoms with Crippen molar-refractivity contribution in [3.8, 4) is 28.7 Å². The molecule has 1 amide bonds. The van der Waals surface area contributed by atoms with Gasteiger partial charge in [-0.1, -0.05) is 17.5 Å². The molecule has 1 saturated heterocycles. The van der Waals surface area contributed by atoms with E-state index in [-0.39, 0.29) is 53.0 Å². The highest BCUT2D eigenvalue weighted by Crippen LogP contribution is 2.46. The number of nitrogens with zero attached hydrogens (tertiary/aromatic N) is 4. The Morgan fingerprint density at radius 2 is 1.97 bits per heavy atom. The summed E-state index contributed by atoms with van der Waals surface area (Å²) in [7, 11) is 0. The van der Waals surface area contributed by atoms with Crippen molar-refractivity contribution >= 4 is 34.2 Å². The number of piperazine rings is 1. The van der Waals surface area contributed by atoms with E-state index in [9.17, 15) is 18.4 Å². The van der Waals surface area contributed by atoms with Crippen LogP contribution in [0.25, 0.3) is 22.0 Å². The van der Waals surface area contributed by atoms with Crippen LogP contribution in [0.5, 0.6) is 5.75 Å². The average molecular weight is 513 g/mol. The summed E-state index contributed by atoms with van der Waals surface area (Å²) in [5, 5.41) is 0.763. The van der Waals surface area contributed by atoms with Crippen LogP contribution in [0.4, 0.5) is 14.6 Å². The second kappa shape index (κ2) is 9.10. The smallest absolute Gasteiger partial charge is 0.350 e. The lowest BCUT2D eigenvalue weighted by Gasteiger charge is -2.44. The van der Waals surface area contributed by atoms with Crippen LogP contribution in [0.2, 0.25) is 5.02 Å². The number of carbonyl (C=O) groups is 1. The second-order valence-corrected chi connectivity index (χ2v) is 9.39. The maximum atomic E-state index is 14.8. The number of aromatic nitrogens is 2. The zero-order chi connectivity index (χ0) is 25.7. The van der Waals surface area contributed by atoms with Gasteiger partial charge in [0.15, 0.2) is 5.75 Å². The molecule has 2 aromatic carbocycles. The summed E-state index contributed by atoms with van der Waals surface area (Å²) < 4.78 is 35.8. The molecule has 0 spiro atoms. The summed E-state index contributed by atoms with van der Waals surface area (Å²) in [6, 6.07) is 4.52. The minimum Gasteiger partial charge on any atom is -0.489 e. The number of ether oxygens (including phenoxy) is 1. The van der Waals surface area contributed by atoms with Gasteiger partial charge in [-0.05, 0) is 44.9 Å². The van der Waals surface area contributed by atoms with Gasteiger partial charge in [0, 0.05) is 47.8 Å². The summed E-state index contributed by atoms with van der Waals surface area (Å²) in [6.07, 6.45) is 0. The minimum atomic E-state index is -0.789. The Balaban J connectivity index is 1.69. The van der Waals surface area contributed by atoms with Crippen molar-refractivity contribution in [2.75, 3.05) is 24.6 Å². The van der Waals surface area contributed by atoms with Crippen LogP contribution in [0, 0.1) is 23.5 Å². The van der Waals surface area contributed by atoms with Crippen LogP contribution in [0.1, 0.15) is 20.8 Å². The maximum absolute atomic E-state index is 14.8. The van der Waals surface area contributed by atoms with Crippen LogP contribution in [-0.2, 0) is 11.3 Å². The molecule has 3 aromatic rings. The maximum Gasteiger partial charge on any atom is 0.350 e. The summed E-state index contributed by atoms with van der Waals surface area (Å²) in [5.41, 5.74) is 0.310. The highest BCUT2D eigenvalue weighted by molar-refractivity contribution is 6.35. The Morgan fingerprint density at radius 3 is 2.69 bits per heavy atom. The van der Waals surface area contributed by atoms with E-state index in [0.717, 1.165) is 12.1 Å². The van der Waals surface area contributed by atoms with Crippen molar-refractivity contribution in [3.63, 3.8) is 0 Å². The molecule has 186 valence electrons. The molecule has 7 nitrogen and oxygen atoms in total. The van der Waals surface area contributed by atoms with Crippen molar-refractivity contribution in [2.24, 2.45) is 0 Å². The Bertz CT molecular complexity index is 1530. The first-order chi connectivity index (χ1) is 17.2. The fourth-order valence-electron chi connectivity index (χ4n) is 4.99. The molecule has 5 rings (SSSR count). The zero-order valence-electron chi connectivity index (χ0n) is 19.9. The van der Waals surface area contributed by atoms with E-state index < -0.39 is 17.3 Å². The fourth-order valence-corrected chi connectivity index (χ4v) is 5.29. The van der Waals surface area contributed by atoms with Crippen LogP contribution in [0.15, 0.2) is 29.1 Å². The first-order valence-electron chi connectivity index (χ1n) is 11.6. The lowest BCUT2D eigenvalue weighted by atomic mass is 9.99. The average Bonchev–Trinajstić information content (AvgIpc) is 2.83. The number of hydrogen-bond acceptors (Lipinski definition) is 5. The lowest BCUT2D eigenvalue weighted by molar-refractivity contribution is -0.127. The predicted octanol–water partition coefficient (Wildman–Crippen LogP) is 3.84. The van der Waals surface area contributed by atoms with E-state index in [1.807, 2.05) is 18.7 Å². The Labute approximate surface area is 211 Å². The molecule has 1 fully saturated rings. The van der Waals surface area contributed by atoms with Crippen molar-refractivity contribution < 1.29 is 18.3 Å². The van der Waals surface area contributed by atoms with Gasteiger partial charge in [-0.15, -0.1) is 0 Å². The topological polar surface area (TPSA) is 67.7 Å². The molecule has 0 N–H and O–H groups in total. The third kappa shape index (κ3) is 3.86. The summed E-state index contributed by atoms with van der Waals surface area (Å²) >= 11 is 6.68. The highest BCUT2D eigenvalue weighted by Gasteiger charge is 2.35. The van der Waals surface area contributed by atoms with Crippen LogP contribution in [-0.4, -0.2) is 52.1 Å². The molecule has 1 aromatic heterocycles. The quantitative estimate of drug-likeness (QED) is 0.488. The molecular formula is C26H23ClF2N4O3. The van der Waals surface area contributed by atoms with Crippen LogP contribution in [0.3, 0.4) is 0 Å². The molecule has 0 radical (unpaired) electrons. The standard InChI is InChI=1S/C26H23ClF2N4O3/c1-4-5-21(34)32-12-15(3)33(13-14(32)2)25-18-11-19(27)22(17-7-6-16(28)10-20(17)29)24-23(18)31(8-9-36-24)26(35)30-25/h6-7,10-11,14-15H,8-9,12-13H2,1-3H3/t14-,15+/m1/s1. The molecule has 0 aliphatic carbocycles. The Hall–Kier alpha value is -3.64. The molecule has 2 atom stereocenters. The van der Waals surface area contributed by atoms with E-state index >= 15 is 0 Å². The van der Waals surface area contributed by atoms with Crippen molar-refractivity contribution in [1.29, 1.82) is 0 Å². The lowest BCUT2D eigenvalue weighted by Crippen LogP contribution is -2.58. The summed E-state index contributed by atoms with van der Waals surface area (Å²) in [5.74, 6) is 4.16. The van der Waals surface area contributed by atoms with Gasteiger partial charge in [-0.3, -0.25) is 9.36 Å². The number of anilines is 1. The van der Waals surface area contributed by atoms with Gasteiger partial charge >= 0.3 is 5.69 Å². The van der Waals surface area contributed by atoms with Crippen LogP contribution >= 0.6 is 11.6 Å². The van der Waals surface area contributed by atoms with Crippen LogP contribution < -0.4 is 15.3 Å². The van der Waals surface area contributed by atoms with Gasteiger partial charge < -0.3 is 14.5 Å². The molecule has 10 heteroatoms. The molecular weight excluding hydrogens is 490 g/mol. The van der Waals surface area contributed by atoms with E-state index in [2.05, 4.69) is 16.8 Å². The Morgan fingerprint density at radius 1 is 1.19 bits per heavy atom. The van der Waals surface area contributed by atoms with E-state index in [1.165, 1.54) is 10.6 Å². The SMILES string of the molecule is CC#CC(=O)N1C[C@H](C)N(c2nc(=O)n3c4c(c(-c5ccc(F)cc5F)c(Cl)cc24)OCC3)C[C@H]1C. The second-order valence-electron chi connectivity index (χ2n) is 8.98. The van der Waals surface area contributed by atoms with Gasteiger partial charge in [-0.25, -0.2) is 13.6 Å². The highest BCUT2D eigenvalue weighted by atomic mass is 35.5. The number of amides is 1.